The highest BCUT2D eigenvalue weighted by Gasteiger charge is 2.33. The number of halogens is 2. The Morgan fingerprint density at radius 1 is 1.00 bits per heavy atom. The van der Waals surface area contributed by atoms with Crippen molar-refractivity contribution in [2.45, 2.75) is 56.1 Å². The van der Waals surface area contributed by atoms with E-state index < -0.39 is 28.5 Å². The maximum Gasteiger partial charge on any atom is 0.264 e. The fraction of sp³-hybridized carbons (Fsp3) is 0.333. The second-order valence-corrected chi connectivity index (χ2v) is 13.2. The van der Waals surface area contributed by atoms with E-state index in [1.165, 1.54) is 24.1 Å². The number of amides is 2. The molecule has 218 valence electrons. The first kappa shape index (κ1) is 30.9. The van der Waals surface area contributed by atoms with Crippen LogP contribution >= 0.6 is 27.5 Å². The first-order chi connectivity index (χ1) is 19.6. The van der Waals surface area contributed by atoms with Gasteiger partial charge in [0.15, 0.2) is 0 Å². The third-order valence-corrected chi connectivity index (χ3v) is 9.74. The fourth-order valence-corrected chi connectivity index (χ4v) is 6.58. The zero-order valence-electron chi connectivity index (χ0n) is 22.9. The Kier molecular flexibility index (Phi) is 10.3. The molecule has 1 fully saturated rings. The summed E-state index contributed by atoms with van der Waals surface area (Å²) >= 11 is 9.50. The maximum atomic E-state index is 14.0. The van der Waals surface area contributed by atoms with Crippen LogP contribution in [0.4, 0.5) is 5.69 Å². The van der Waals surface area contributed by atoms with Crippen LogP contribution in [0.3, 0.4) is 0 Å². The first-order valence-corrected chi connectivity index (χ1v) is 16.0. The predicted octanol–water partition coefficient (Wildman–Crippen LogP) is 5.78. The Morgan fingerprint density at radius 2 is 1.61 bits per heavy atom. The zero-order chi connectivity index (χ0) is 29.6. The molecule has 0 spiro atoms. The standard InChI is InChI=1S/C30H33BrClN3O5S/c1-21(30(37)33-25-5-3-4-6-25)34(19-22-7-9-23(31)10-8-22)29(36)20-35(26-13-11-24(32)12-14-26)41(38,39)28-17-15-27(40-2)16-18-28/h7-18,21,25H,3-6,19-20H2,1-2H3,(H,33,37). The number of methoxy groups -OCH3 is 1. The molecule has 11 heteroatoms. The van der Waals surface area contributed by atoms with Crippen molar-refractivity contribution in [3.63, 3.8) is 0 Å². The molecule has 1 atom stereocenters. The largest absolute Gasteiger partial charge is 0.497 e. The van der Waals surface area contributed by atoms with Gasteiger partial charge in [-0.1, -0.05) is 52.5 Å². The van der Waals surface area contributed by atoms with Crippen LogP contribution < -0.4 is 14.4 Å². The van der Waals surface area contributed by atoms with E-state index in [1.54, 1.807) is 43.3 Å². The summed E-state index contributed by atoms with van der Waals surface area (Å²) in [6.07, 6.45) is 3.92. The van der Waals surface area contributed by atoms with Gasteiger partial charge in [-0.25, -0.2) is 8.42 Å². The van der Waals surface area contributed by atoms with Gasteiger partial charge in [-0.3, -0.25) is 13.9 Å². The Bertz CT molecular complexity index is 1440. The summed E-state index contributed by atoms with van der Waals surface area (Å²) in [5.74, 6) is -0.284. The monoisotopic (exact) mass is 661 g/mol. The number of nitrogens with one attached hydrogen (secondary N) is 1. The summed E-state index contributed by atoms with van der Waals surface area (Å²) in [5.41, 5.74) is 1.07. The van der Waals surface area contributed by atoms with E-state index in [1.807, 2.05) is 24.3 Å². The molecule has 2 amide bonds. The van der Waals surface area contributed by atoms with Gasteiger partial charge in [-0.2, -0.15) is 0 Å². The summed E-state index contributed by atoms with van der Waals surface area (Å²) < 4.78 is 34.9. The van der Waals surface area contributed by atoms with Crippen LogP contribution in [0.5, 0.6) is 5.75 Å². The smallest absolute Gasteiger partial charge is 0.264 e. The van der Waals surface area contributed by atoms with Gasteiger partial charge in [-0.15, -0.1) is 0 Å². The molecule has 0 aromatic heterocycles. The number of benzene rings is 3. The predicted molar refractivity (Wildman–Crippen MR) is 164 cm³/mol. The minimum atomic E-state index is -4.18. The molecule has 1 saturated carbocycles. The normalized spacial score (nSPS) is 14.3. The van der Waals surface area contributed by atoms with Crippen molar-refractivity contribution in [1.82, 2.24) is 10.2 Å². The van der Waals surface area contributed by atoms with Crippen molar-refractivity contribution in [1.29, 1.82) is 0 Å². The Labute approximate surface area is 254 Å². The van der Waals surface area contributed by atoms with Crippen LogP contribution in [-0.4, -0.2) is 50.9 Å². The van der Waals surface area contributed by atoms with E-state index in [4.69, 9.17) is 16.3 Å². The molecule has 0 radical (unpaired) electrons. The first-order valence-electron chi connectivity index (χ1n) is 13.3. The number of nitrogens with zero attached hydrogens (tertiary/aromatic N) is 2. The van der Waals surface area contributed by atoms with E-state index in [2.05, 4.69) is 21.2 Å². The Hall–Kier alpha value is -3.08. The highest BCUT2D eigenvalue weighted by atomic mass is 79.9. The number of rotatable bonds is 11. The molecular weight excluding hydrogens is 630 g/mol. The third kappa shape index (κ3) is 7.81. The quantitative estimate of drug-likeness (QED) is 0.281. The average molecular weight is 663 g/mol. The topological polar surface area (TPSA) is 96.0 Å². The second-order valence-electron chi connectivity index (χ2n) is 9.98. The molecule has 41 heavy (non-hydrogen) atoms. The van der Waals surface area contributed by atoms with Crippen molar-refractivity contribution in [3.05, 3.63) is 87.9 Å². The minimum absolute atomic E-state index is 0.00691. The molecule has 1 aliphatic rings. The molecule has 0 bridgehead atoms. The van der Waals surface area contributed by atoms with Crippen LogP contribution in [0.2, 0.25) is 5.02 Å². The fourth-order valence-electron chi connectivity index (χ4n) is 4.77. The SMILES string of the molecule is COc1ccc(S(=O)(=O)N(CC(=O)N(Cc2ccc(Br)cc2)C(C)C(=O)NC2CCCC2)c2ccc(Cl)cc2)cc1. The summed E-state index contributed by atoms with van der Waals surface area (Å²) in [4.78, 5) is 28.7. The van der Waals surface area contributed by atoms with Gasteiger partial charge < -0.3 is 15.0 Å². The minimum Gasteiger partial charge on any atom is -0.497 e. The van der Waals surface area contributed by atoms with Gasteiger partial charge in [0.1, 0.15) is 18.3 Å². The molecule has 3 aromatic carbocycles. The summed E-state index contributed by atoms with van der Waals surface area (Å²) in [5, 5.41) is 3.50. The molecule has 1 unspecified atom stereocenters. The van der Waals surface area contributed by atoms with Gasteiger partial charge in [0.2, 0.25) is 11.8 Å². The van der Waals surface area contributed by atoms with E-state index in [0.29, 0.717) is 10.8 Å². The molecule has 8 nitrogen and oxygen atoms in total. The second kappa shape index (κ2) is 13.7. The Balaban J connectivity index is 1.67. The molecule has 1 aliphatic carbocycles. The summed E-state index contributed by atoms with van der Waals surface area (Å²) in [7, 11) is -2.69. The lowest BCUT2D eigenvalue weighted by molar-refractivity contribution is -0.139. The maximum absolute atomic E-state index is 14.0. The van der Waals surface area contributed by atoms with Crippen LogP contribution in [0.25, 0.3) is 0 Å². The molecule has 0 heterocycles. The van der Waals surface area contributed by atoms with Gasteiger partial charge in [0.05, 0.1) is 17.7 Å². The third-order valence-electron chi connectivity index (χ3n) is 7.18. The number of hydrogen-bond donors (Lipinski definition) is 1. The lowest BCUT2D eigenvalue weighted by atomic mass is 10.1. The van der Waals surface area contributed by atoms with Gasteiger partial charge >= 0.3 is 0 Å². The van der Waals surface area contributed by atoms with Crippen molar-refractivity contribution < 1.29 is 22.7 Å². The van der Waals surface area contributed by atoms with Crippen LogP contribution in [-0.2, 0) is 26.2 Å². The summed E-state index contributed by atoms with van der Waals surface area (Å²) in [6.45, 7) is 1.28. The lowest BCUT2D eigenvalue weighted by Crippen LogP contribution is -2.52. The number of sulfonamides is 1. The van der Waals surface area contributed by atoms with Crippen LogP contribution in [0, 0.1) is 0 Å². The number of hydrogen-bond acceptors (Lipinski definition) is 5. The van der Waals surface area contributed by atoms with Gasteiger partial charge in [0.25, 0.3) is 10.0 Å². The van der Waals surface area contributed by atoms with Gasteiger partial charge in [-0.05, 0) is 86.0 Å². The van der Waals surface area contributed by atoms with Crippen LogP contribution in [0.15, 0.2) is 82.2 Å². The number of ether oxygens (including phenoxy) is 1. The van der Waals surface area contributed by atoms with Crippen molar-refractivity contribution in [3.8, 4) is 5.75 Å². The number of carbonyl (C=O) groups is 2. The summed E-state index contributed by atoms with van der Waals surface area (Å²) in [6, 6.07) is 18.9. The lowest BCUT2D eigenvalue weighted by Gasteiger charge is -2.32. The Morgan fingerprint density at radius 3 is 2.20 bits per heavy atom. The number of anilines is 1. The zero-order valence-corrected chi connectivity index (χ0v) is 26.1. The molecule has 0 aliphatic heterocycles. The van der Waals surface area contributed by atoms with Crippen molar-refractivity contribution in [2.75, 3.05) is 18.0 Å². The average Bonchev–Trinajstić information content (AvgIpc) is 3.48. The van der Waals surface area contributed by atoms with E-state index in [0.717, 1.165) is 40.0 Å². The molecule has 0 saturated heterocycles. The highest BCUT2D eigenvalue weighted by molar-refractivity contribution is 9.10. The highest BCUT2D eigenvalue weighted by Crippen LogP contribution is 2.27. The van der Waals surface area contributed by atoms with Crippen molar-refractivity contribution >= 4 is 55.1 Å². The van der Waals surface area contributed by atoms with E-state index >= 15 is 0 Å². The van der Waals surface area contributed by atoms with Crippen LogP contribution in [0.1, 0.15) is 38.2 Å². The molecule has 4 rings (SSSR count). The van der Waals surface area contributed by atoms with E-state index in [-0.39, 0.29) is 29.1 Å². The molecule has 3 aromatic rings. The molecule has 1 N–H and O–H groups in total. The van der Waals surface area contributed by atoms with Crippen molar-refractivity contribution in [2.24, 2.45) is 0 Å². The van der Waals surface area contributed by atoms with E-state index in [9.17, 15) is 18.0 Å². The number of carbonyl (C=O) groups excluding carboxylic acids is 2. The molecular formula is C30H33BrClN3O5S. The van der Waals surface area contributed by atoms with Gasteiger partial charge in [0, 0.05) is 22.1 Å².